The molecule has 2 aromatic rings. The van der Waals surface area contributed by atoms with Crippen LogP contribution in [-0.4, -0.2) is 18.0 Å². The molecule has 0 unspecified atom stereocenters. The van der Waals surface area contributed by atoms with Crippen LogP contribution in [0.25, 0.3) is 10.2 Å². The molecule has 1 aromatic carbocycles. The summed E-state index contributed by atoms with van der Waals surface area (Å²) < 4.78 is 32.4. The van der Waals surface area contributed by atoms with Crippen molar-refractivity contribution in [3.05, 3.63) is 18.2 Å². The smallest absolute Gasteiger partial charge is 0.357 e. The molecule has 0 atom stereocenters. The summed E-state index contributed by atoms with van der Waals surface area (Å²) in [4.78, 5) is 4.01. The molecule has 0 amide bonds. The van der Waals surface area contributed by atoms with E-state index in [9.17, 15) is 8.42 Å². The Hall–Kier alpha value is -1.38. The Morgan fingerprint density at radius 3 is 2.87 bits per heavy atom. The first-order valence-electron chi connectivity index (χ1n) is 3.85. The molecule has 0 aliphatic heterocycles. The average Bonchev–Trinajstić information content (AvgIpc) is 2.40. The topological polar surface area (TPSA) is 105 Å². The Balaban J connectivity index is 2.47. The predicted molar refractivity (Wildman–Crippen MR) is 59.2 cm³/mol. The van der Waals surface area contributed by atoms with Crippen molar-refractivity contribution in [3.63, 3.8) is 0 Å². The van der Waals surface area contributed by atoms with E-state index < -0.39 is 10.3 Å². The van der Waals surface area contributed by atoms with Gasteiger partial charge in [0, 0.05) is 0 Å². The van der Waals surface area contributed by atoms with Crippen LogP contribution in [0.1, 0.15) is 0 Å². The summed E-state index contributed by atoms with van der Waals surface area (Å²) in [7, 11) is -4.24. The van der Waals surface area contributed by atoms with Crippen LogP contribution < -0.4 is 10.5 Å². The fourth-order valence-electron chi connectivity index (χ4n) is 1.15. The highest BCUT2D eigenvalue weighted by Gasteiger charge is 2.06. The number of benzene rings is 1. The van der Waals surface area contributed by atoms with Crippen molar-refractivity contribution >= 4 is 42.7 Å². The van der Waals surface area contributed by atoms with Crippen LogP contribution in [0.5, 0.6) is 0 Å². The van der Waals surface area contributed by atoms with Gasteiger partial charge in [-0.3, -0.25) is 9.27 Å². The number of nitrogen functional groups attached to an aromatic ring is 1. The highest BCUT2D eigenvalue weighted by Crippen LogP contribution is 2.26. The van der Waals surface area contributed by atoms with Crippen molar-refractivity contribution in [2.75, 3.05) is 10.5 Å². The van der Waals surface area contributed by atoms with E-state index in [-0.39, 0.29) is 5.69 Å². The van der Waals surface area contributed by atoms with Gasteiger partial charge in [-0.1, -0.05) is 11.3 Å². The molecule has 0 bridgehead atoms. The second-order valence-electron chi connectivity index (χ2n) is 2.81. The molecule has 80 valence electrons. The van der Waals surface area contributed by atoms with Gasteiger partial charge in [0.05, 0.1) is 15.9 Å². The Morgan fingerprint density at radius 1 is 1.47 bits per heavy atom. The summed E-state index contributed by atoms with van der Waals surface area (Å²) in [6, 6.07) is 4.67. The summed E-state index contributed by atoms with van der Waals surface area (Å²) in [6.45, 7) is 0. The normalized spacial score (nSPS) is 11.8. The predicted octanol–water partition coefficient (Wildman–Crippen LogP) is 1.09. The monoisotopic (exact) mass is 245 g/mol. The van der Waals surface area contributed by atoms with Crippen molar-refractivity contribution in [3.8, 4) is 0 Å². The fourth-order valence-corrected chi connectivity index (χ4v) is 2.35. The van der Waals surface area contributed by atoms with Crippen molar-refractivity contribution in [1.82, 2.24) is 4.98 Å². The molecule has 8 heteroatoms. The van der Waals surface area contributed by atoms with Crippen molar-refractivity contribution in [1.29, 1.82) is 0 Å². The molecule has 0 fully saturated rings. The highest BCUT2D eigenvalue weighted by atomic mass is 32.2. The highest BCUT2D eigenvalue weighted by molar-refractivity contribution is 7.87. The first kappa shape index (κ1) is 10.1. The number of hydrogen-bond acceptors (Lipinski definition) is 5. The van der Waals surface area contributed by atoms with Gasteiger partial charge >= 0.3 is 10.3 Å². The maximum atomic E-state index is 10.5. The number of nitrogens with one attached hydrogen (secondary N) is 1. The average molecular weight is 245 g/mol. The van der Waals surface area contributed by atoms with Crippen molar-refractivity contribution < 1.29 is 13.0 Å². The third kappa shape index (κ3) is 2.35. The summed E-state index contributed by atoms with van der Waals surface area (Å²) in [5.41, 5.74) is 6.45. The van der Waals surface area contributed by atoms with Gasteiger partial charge in [0.15, 0.2) is 5.13 Å². The zero-order chi connectivity index (χ0) is 11.1. The maximum absolute atomic E-state index is 10.5. The molecule has 15 heavy (non-hydrogen) atoms. The summed E-state index contributed by atoms with van der Waals surface area (Å²) in [5, 5.41) is 0.411. The van der Waals surface area contributed by atoms with Crippen molar-refractivity contribution in [2.24, 2.45) is 0 Å². The standard InChI is InChI=1S/C7H7N3O3S2/c8-7-9-5-2-1-4(3-6(5)14-7)10-15(11,12)13/h1-3,10H,(H2,8,9)(H,11,12,13). The molecule has 0 saturated heterocycles. The van der Waals surface area contributed by atoms with E-state index in [0.717, 1.165) is 4.70 Å². The quantitative estimate of drug-likeness (QED) is 0.687. The first-order valence-corrected chi connectivity index (χ1v) is 6.11. The van der Waals surface area contributed by atoms with Crippen LogP contribution in [-0.2, 0) is 10.3 Å². The molecule has 6 nitrogen and oxygen atoms in total. The third-order valence-electron chi connectivity index (χ3n) is 1.65. The van der Waals surface area contributed by atoms with E-state index >= 15 is 0 Å². The van der Waals surface area contributed by atoms with Crippen LogP contribution in [0.3, 0.4) is 0 Å². The Bertz CT molecular complexity index is 605. The molecule has 0 saturated carbocycles. The molecule has 1 heterocycles. The molecular formula is C7H7N3O3S2. The summed E-state index contributed by atoms with van der Waals surface area (Å²) >= 11 is 1.24. The van der Waals surface area contributed by atoms with Gasteiger partial charge in [0.2, 0.25) is 0 Å². The molecule has 0 aliphatic rings. The van der Waals surface area contributed by atoms with Gasteiger partial charge in [-0.25, -0.2) is 4.98 Å². The molecule has 2 rings (SSSR count). The van der Waals surface area contributed by atoms with Crippen LogP contribution in [0.4, 0.5) is 10.8 Å². The number of hydrogen-bond donors (Lipinski definition) is 3. The van der Waals surface area contributed by atoms with Crippen LogP contribution in [0.15, 0.2) is 18.2 Å². The Kier molecular flexibility index (Phi) is 2.25. The van der Waals surface area contributed by atoms with E-state index in [4.69, 9.17) is 10.3 Å². The van der Waals surface area contributed by atoms with Crippen LogP contribution in [0.2, 0.25) is 0 Å². The first-order chi connectivity index (χ1) is 6.94. The summed E-state index contributed by atoms with van der Waals surface area (Å²) in [5.74, 6) is 0. The lowest BCUT2D eigenvalue weighted by Crippen LogP contribution is -2.09. The van der Waals surface area contributed by atoms with Gasteiger partial charge in [0.1, 0.15) is 0 Å². The lowest BCUT2D eigenvalue weighted by atomic mass is 10.3. The molecule has 0 spiro atoms. The summed E-state index contributed by atoms with van der Waals surface area (Å²) in [6.07, 6.45) is 0. The lowest BCUT2D eigenvalue weighted by molar-refractivity contribution is 0.490. The number of thiazole rings is 1. The van der Waals surface area contributed by atoms with Crippen LogP contribution >= 0.6 is 11.3 Å². The van der Waals surface area contributed by atoms with Gasteiger partial charge in [-0.2, -0.15) is 8.42 Å². The third-order valence-corrected chi connectivity index (χ3v) is 2.99. The minimum absolute atomic E-state index is 0.272. The second kappa shape index (κ2) is 3.33. The fraction of sp³-hybridized carbons (Fsp3) is 0. The number of nitrogens with two attached hydrogens (primary N) is 1. The Morgan fingerprint density at radius 2 is 2.20 bits per heavy atom. The molecule has 0 aliphatic carbocycles. The van der Waals surface area contributed by atoms with Gasteiger partial charge in [0.25, 0.3) is 0 Å². The number of nitrogens with zero attached hydrogens (tertiary/aromatic N) is 1. The van der Waals surface area contributed by atoms with E-state index in [1.54, 1.807) is 12.1 Å². The largest absolute Gasteiger partial charge is 0.375 e. The van der Waals surface area contributed by atoms with Crippen LogP contribution in [0, 0.1) is 0 Å². The van der Waals surface area contributed by atoms with Gasteiger partial charge in [-0.05, 0) is 18.2 Å². The zero-order valence-electron chi connectivity index (χ0n) is 7.34. The van der Waals surface area contributed by atoms with E-state index in [2.05, 4.69) is 4.98 Å². The van der Waals surface area contributed by atoms with Gasteiger partial charge < -0.3 is 5.73 Å². The molecule has 1 aromatic heterocycles. The number of rotatable bonds is 2. The lowest BCUT2D eigenvalue weighted by Gasteiger charge is -2.00. The molecule has 0 radical (unpaired) electrons. The Labute approximate surface area is 89.6 Å². The number of fused-ring (bicyclic) bond motifs is 1. The minimum Gasteiger partial charge on any atom is -0.375 e. The maximum Gasteiger partial charge on any atom is 0.357 e. The van der Waals surface area contributed by atoms with E-state index in [1.165, 1.54) is 17.4 Å². The van der Waals surface area contributed by atoms with Gasteiger partial charge in [-0.15, -0.1) is 0 Å². The second-order valence-corrected chi connectivity index (χ2v) is 5.03. The molecular weight excluding hydrogens is 238 g/mol. The van der Waals surface area contributed by atoms with Crippen molar-refractivity contribution in [2.45, 2.75) is 0 Å². The SMILES string of the molecule is Nc1nc2ccc(NS(=O)(=O)O)cc2s1. The molecule has 4 N–H and O–H groups in total. The zero-order valence-corrected chi connectivity index (χ0v) is 8.97. The van der Waals surface area contributed by atoms with E-state index in [0.29, 0.717) is 10.6 Å². The van der Waals surface area contributed by atoms with E-state index in [1.807, 2.05) is 4.72 Å². The minimum atomic E-state index is -4.24. The number of anilines is 2. The number of aromatic nitrogens is 1.